The lowest BCUT2D eigenvalue weighted by Gasteiger charge is -2.27. The van der Waals surface area contributed by atoms with Crippen LogP contribution in [0.25, 0.3) is 0 Å². The summed E-state index contributed by atoms with van der Waals surface area (Å²) in [5.41, 5.74) is 0.224. The van der Waals surface area contributed by atoms with Gasteiger partial charge in [-0.05, 0) is 24.1 Å². The van der Waals surface area contributed by atoms with Crippen LogP contribution in [-0.4, -0.2) is 0 Å². The second kappa shape index (κ2) is 7.58. The van der Waals surface area contributed by atoms with Crippen molar-refractivity contribution in [1.82, 2.24) is 0 Å². The van der Waals surface area contributed by atoms with E-state index in [4.69, 9.17) is 104 Å². The average Bonchev–Trinajstić information content (AvgIpc) is 2.33. The summed E-state index contributed by atoms with van der Waals surface area (Å²) < 4.78 is -5.76. The first kappa shape index (κ1) is 21.8. The Labute approximate surface area is 173 Å². The molecule has 0 N–H and O–H groups in total. The summed E-state index contributed by atoms with van der Waals surface area (Å²) in [6.45, 7) is 1.66. The van der Waals surface area contributed by atoms with Crippen LogP contribution in [0.2, 0.25) is 0 Å². The molecule has 0 saturated heterocycles. The molecule has 0 fully saturated rings. The standard InChI is InChI=1S/C12H8Cl9O/c1-2-8(22)9-6(11(16,17)18)3-5(10(13,14)15)4-7(9)12(19,20)21/h3-4,8H,2H2,1H3. The van der Waals surface area contributed by atoms with E-state index in [1.54, 1.807) is 6.92 Å². The monoisotopic (exact) mass is 483 g/mol. The van der Waals surface area contributed by atoms with Crippen molar-refractivity contribution in [1.29, 1.82) is 0 Å². The quantitative estimate of drug-likeness (QED) is 0.377. The zero-order chi connectivity index (χ0) is 17.5. The average molecular weight is 487 g/mol. The van der Waals surface area contributed by atoms with Gasteiger partial charge in [0.25, 0.3) is 0 Å². The van der Waals surface area contributed by atoms with Gasteiger partial charge in [-0.15, -0.1) is 0 Å². The topological polar surface area (TPSA) is 19.9 Å². The lowest BCUT2D eigenvalue weighted by molar-refractivity contribution is 0.0842. The Kier molecular flexibility index (Phi) is 7.52. The number of rotatable bonds is 2. The molecule has 0 aromatic heterocycles. The van der Waals surface area contributed by atoms with E-state index >= 15 is 0 Å². The normalized spacial score (nSPS) is 15.0. The summed E-state index contributed by atoms with van der Waals surface area (Å²) in [6.07, 6.45) is -1.09. The van der Waals surface area contributed by atoms with E-state index in [0.717, 1.165) is 0 Å². The minimum absolute atomic E-state index is 0.0181. The maximum atomic E-state index is 12.3. The van der Waals surface area contributed by atoms with Gasteiger partial charge in [0.2, 0.25) is 11.4 Å². The van der Waals surface area contributed by atoms with Gasteiger partial charge >= 0.3 is 0 Å². The Morgan fingerprint density at radius 1 is 0.818 bits per heavy atom. The third-order valence-electron chi connectivity index (χ3n) is 2.81. The van der Waals surface area contributed by atoms with Crippen LogP contribution >= 0.6 is 104 Å². The van der Waals surface area contributed by atoms with E-state index in [1.165, 1.54) is 12.1 Å². The highest BCUT2D eigenvalue weighted by Gasteiger charge is 2.39. The fourth-order valence-electron chi connectivity index (χ4n) is 1.84. The number of hydrogen-bond donors (Lipinski definition) is 0. The third kappa shape index (κ3) is 5.39. The molecule has 0 aliphatic carbocycles. The molecular formula is C12H8Cl9O. The van der Waals surface area contributed by atoms with E-state index in [2.05, 4.69) is 0 Å². The summed E-state index contributed by atoms with van der Waals surface area (Å²) in [6, 6.07) is 2.63. The van der Waals surface area contributed by atoms with Gasteiger partial charge in [0.05, 0.1) is 0 Å². The van der Waals surface area contributed by atoms with E-state index in [1.807, 2.05) is 0 Å². The Balaban J connectivity index is 3.86. The fourth-order valence-corrected chi connectivity index (χ4v) is 3.10. The van der Waals surface area contributed by atoms with Gasteiger partial charge < -0.3 is 0 Å². The van der Waals surface area contributed by atoms with Crippen molar-refractivity contribution in [2.75, 3.05) is 0 Å². The Morgan fingerprint density at radius 3 is 1.41 bits per heavy atom. The zero-order valence-electron chi connectivity index (χ0n) is 10.7. The molecule has 0 amide bonds. The lowest BCUT2D eigenvalue weighted by Crippen LogP contribution is -2.18. The van der Waals surface area contributed by atoms with Crippen LogP contribution < -0.4 is 0 Å². The van der Waals surface area contributed by atoms with E-state index in [-0.39, 0.29) is 28.7 Å². The molecule has 1 unspecified atom stereocenters. The van der Waals surface area contributed by atoms with Crippen molar-refractivity contribution in [2.45, 2.75) is 30.8 Å². The first-order chi connectivity index (χ1) is 9.69. The van der Waals surface area contributed by atoms with Gasteiger partial charge in [0.15, 0.2) is 0 Å². The molecule has 125 valence electrons. The highest BCUT2D eigenvalue weighted by atomic mass is 35.6. The smallest absolute Gasteiger partial charge is 0.216 e. The molecular weight excluding hydrogens is 479 g/mol. The number of hydrogen-bond acceptors (Lipinski definition) is 0. The van der Waals surface area contributed by atoms with Crippen LogP contribution in [0.1, 0.15) is 41.7 Å². The molecule has 10 heteroatoms. The minimum Gasteiger partial charge on any atom is -0.228 e. The van der Waals surface area contributed by atoms with Crippen molar-refractivity contribution >= 4 is 104 Å². The Morgan fingerprint density at radius 2 is 1.18 bits per heavy atom. The molecule has 0 saturated carbocycles. The summed E-state index contributed by atoms with van der Waals surface area (Å²) in [5.74, 6) is 0. The molecule has 22 heavy (non-hydrogen) atoms. The molecule has 0 bridgehead atoms. The van der Waals surface area contributed by atoms with Gasteiger partial charge in [0.1, 0.15) is 6.10 Å². The van der Waals surface area contributed by atoms with Crippen LogP contribution in [0, 0.1) is 0 Å². The number of benzene rings is 1. The molecule has 0 aliphatic rings. The first-order valence-corrected chi connectivity index (χ1v) is 9.15. The van der Waals surface area contributed by atoms with E-state index < -0.39 is 17.5 Å². The highest BCUT2D eigenvalue weighted by molar-refractivity contribution is 6.68. The molecule has 0 heterocycles. The van der Waals surface area contributed by atoms with E-state index in [0.29, 0.717) is 0 Å². The van der Waals surface area contributed by atoms with Gasteiger partial charge in [-0.1, -0.05) is 111 Å². The predicted molar refractivity (Wildman–Crippen MR) is 97.9 cm³/mol. The summed E-state index contributed by atoms with van der Waals surface area (Å²) >= 11 is 53.2. The van der Waals surface area contributed by atoms with E-state index in [9.17, 15) is 5.11 Å². The Hall–Kier alpha value is 1.79. The van der Waals surface area contributed by atoms with Crippen LogP contribution in [0.15, 0.2) is 12.1 Å². The van der Waals surface area contributed by atoms with Gasteiger partial charge in [-0.25, -0.2) is 5.11 Å². The maximum absolute atomic E-state index is 12.3. The second-order valence-electron chi connectivity index (χ2n) is 4.38. The molecule has 1 atom stereocenters. The predicted octanol–water partition coefficient (Wildman–Crippen LogP) is 8.05. The van der Waals surface area contributed by atoms with Crippen LogP contribution in [0.3, 0.4) is 0 Å². The largest absolute Gasteiger partial charge is 0.228 e. The lowest BCUT2D eigenvalue weighted by atomic mass is 9.93. The van der Waals surface area contributed by atoms with Crippen molar-refractivity contribution in [3.8, 4) is 0 Å². The fraction of sp³-hybridized carbons (Fsp3) is 0.500. The summed E-state index contributed by atoms with van der Waals surface area (Å²) in [7, 11) is 0. The molecule has 1 aromatic carbocycles. The summed E-state index contributed by atoms with van der Waals surface area (Å²) in [4.78, 5) is 0. The highest BCUT2D eigenvalue weighted by Crippen LogP contribution is 2.52. The van der Waals surface area contributed by atoms with Crippen molar-refractivity contribution < 1.29 is 5.11 Å². The SMILES string of the molecule is CCC([O])c1c(C(Cl)(Cl)Cl)cc(C(Cl)(Cl)Cl)cc1C(Cl)(Cl)Cl. The van der Waals surface area contributed by atoms with Crippen molar-refractivity contribution in [2.24, 2.45) is 0 Å². The minimum atomic E-state index is -1.95. The molecule has 1 radical (unpaired) electrons. The number of halogens is 9. The summed E-state index contributed by atoms with van der Waals surface area (Å²) in [5, 5.41) is 12.3. The van der Waals surface area contributed by atoms with Crippen molar-refractivity contribution in [3.05, 3.63) is 34.4 Å². The van der Waals surface area contributed by atoms with Gasteiger partial charge in [-0.3, -0.25) is 0 Å². The van der Waals surface area contributed by atoms with Crippen LogP contribution in [-0.2, 0) is 16.5 Å². The van der Waals surface area contributed by atoms with Gasteiger partial charge in [0, 0.05) is 16.7 Å². The molecule has 1 rings (SSSR count). The first-order valence-electron chi connectivity index (χ1n) is 5.75. The Bertz CT molecular complexity index is 504. The number of alkyl halides is 9. The second-order valence-corrected chi connectivity index (χ2v) is 11.2. The van der Waals surface area contributed by atoms with Gasteiger partial charge in [-0.2, -0.15) is 0 Å². The maximum Gasteiger partial charge on any atom is 0.216 e. The van der Waals surface area contributed by atoms with Crippen LogP contribution in [0.5, 0.6) is 0 Å². The third-order valence-corrected chi connectivity index (χ3v) is 4.69. The van der Waals surface area contributed by atoms with Crippen molar-refractivity contribution in [3.63, 3.8) is 0 Å². The zero-order valence-corrected chi connectivity index (χ0v) is 17.6. The molecule has 1 aromatic rings. The molecule has 1 nitrogen and oxygen atoms in total. The molecule has 0 spiro atoms. The molecule has 0 aliphatic heterocycles. The van der Waals surface area contributed by atoms with Crippen LogP contribution in [0.4, 0.5) is 0 Å².